The molecular formula is C34H38FN5O5S2. The Labute approximate surface area is 278 Å². The Kier molecular flexibility index (Phi) is 10.1. The summed E-state index contributed by atoms with van der Waals surface area (Å²) in [5, 5.41) is 3.93. The summed E-state index contributed by atoms with van der Waals surface area (Å²) in [5.41, 5.74) is 2.24. The lowest BCUT2D eigenvalue weighted by molar-refractivity contribution is -0.124. The largest absolute Gasteiger partial charge is 0.593 e. The molecule has 13 heteroatoms. The van der Waals surface area contributed by atoms with Crippen LogP contribution in [0.3, 0.4) is 0 Å². The number of aryl methyl sites for hydroxylation is 1. The number of piperidine rings is 2. The molecule has 1 atom stereocenters. The number of hydrogen-bond acceptors (Lipinski definition) is 8. The van der Waals surface area contributed by atoms with Gasteiger partial charge < -0.3 is 9.87 Å². The third kappa shape index (κ3) is 7.77. The van der Waals surface area contributed by atoms with Gasteiger partial charge in [0.2, 0.25) is 10.0 Å². The Balaban J connectivity index is 1.02. The zero-order valence-corrected chi connectivity index (χ0v) is 27.7. The standard InChI is InChI=1S/C34H38FN5O5S2/c1-25-22-31(46(42)38-29-12-17-39(18-13-29)24-26-6-3-2-4-7-26)11-10-27(25)14-21-47(43,44)40-19-15-34(16-20-40)33(41)36-32(37-34)28-8-5-9-30(23-28)45-35/h2-11,14,21-23,29,38H,12-13,15-20,24H2,1H3,(H,36,37,41)/b21-14+. The van der Waals surface area contributed by atoms with Crippen LogP contribution < -0.4 is 15.0 Å². The molecule has 3 aliphatic rings. The topological polar surface area (TPSA) is 126 Å². The third-order valence-corrected chi connectivity index (χ3v) is 11.9. The maximum atomic E-state index is 13.2. The Morgan fingerprint density at radius 2 is 1.81 bits per heavy atom. The molecule has 3 aromatic carbocycles. The fraction of sp³-hybridized carbons (Fsp3) is 0.353. The molecule has 2 N–H and O–H groups in total. The highest BCUT2D eigenvalue weighted by Crippen LogP contribution is 2.33. The minimum atomic E-state index is -3.77. The SMILES string of the molecule is Cc1cc([S+]([O-])NC2CCN(Cc3ccccc3)CC2)ccc1/C=C/S(=O)(=O)N1CCC2(CC1)N=C(c1cccc(OF)c1)NC2=O. The Bertz CT molecular complexity index is 1760. The van der Waals surface area contributed by atoms with Gasteiger partial charge >= 0.3 is 0 Å². The van der Waals surface area contributed by atoms with E-state index in [0.717, 1.165) is 38.0 Å². The zero-order valence-electron chi connectivity index (χ0n) is 26.1. The first-order valence-electron chi connectivity index (χ1n) is 15.7. The van der Waals surface area contributed by atoms with Gasteiger partial charge in [-0.1, -0.05) is 42.5 Å². The maximum absolute atomic E-state index is 13.2. The number of sulfonamides is 1. The summed E-state index contributed by atoms with van der Waals surface area (Å²) >= 11 is -1.38. The van der Waals surface area contributed by atoms with Crippen LogP contribution in [0.15, 0.2) is 88.1 Å². The molecule has 47 heavy (non-hydrogen) atoms. The highest BCUT2D eigenvalue weighted by atomic mass is 32.2. The lowest BCUT2D eigenvalue weighted by Gasteiger charge is -2.34. The normalized spacial score (nSPS) is 20.0. The van der Waals surface area contributed by atoms with Crippen molar-refractivity contribution < 1.29 is 27.2 Å². The van der Waals surface area contributed by atoms with E-state index in [0.29, 0.717) is 21.9 Å². The summed E-state index contributed by atoms with van der Waals surface area (Å²) in [5.74, 6) is 0.000934. The van der Waals surface area contributed by atoms with Crippen LogP contribution in [0.2, 0.25) is 0 Å². The van der Waals surface area contributed by atoms with E-state index in [1.54, 1.807) is 30.3 Å². The predicted molar refractivity (Wildman–Crippen MR) is 180 cm³/mol. The van der Waals surface area contributed by atoms with Gasteiger partial charge in [-0.15, -0.1) is 4.72 Å². The fourth-order valence-electron chi connectivity index (χ4n) is 6.26. The second kappa shape index (κ2) is 14.3. The van der Waals surface area contributed by atoms with Gasteiger partial charge in [0, 0.05) is 48.2 Å². The molecule has 3 aliphatic heterocycles. The smallest absolute Gasteiger partial charge is 0.253 e. The van der Waals surface area contributed by atoms with Crippen LogP contribution >= 0.6 is 0 Å². The average Bonchev–Trinajstić information content (AvgIpc) is 3.40. The first kappa shape index (κ1) is 33.3. The number of benzene rings is 3. The molecule has 3 aromatic rings. The number of halogens is 1. The minimum Gasteiger partial charge on any atom is -0.593 e. The number of hydrogen-bond donors (Lipinski definition) is 2. The van der Waals surface area contributed by atoms with E-state index < -0.39 is 26.9 Å². The van der Waals surface area contributed by atoms with Crippen molar-refractivity contribution in [3.8, 4) is 5.75 Å². The summed E-state index contributed by atoms with van der Waals surface area (Å²) < 4.78 is 56.9. The molecule has 1 spiro atoms. The number of amidine groups is 1. The number of carbonyl (C=O) groups is 1. The van der Waals surface area contributed by atoms with Gasteiger partial charge in [0.1, 0.15) is 11.4 Å². The van der Waals surface area contributed by atoms with Crippen molar-refractivity contribution in [2.24, 2.45) is 4.99 Å². The predicted octanol–water partition coefficient (Wildman–Crippen LogP) is 4.25. The van der Waals surface area contributed by atoms with Crippen molar-refractivity contribution in [1.29, 1.82) is 0 Å². The summed E-state index contributed by atoms with van der Waals surface area (Å²) in [6.45, 7) is 4.90. The number of nitrogens with one attached hydrogen (secondary N) is 2. The molecule has 0 radical (unpaired) electrons. The van der Waals surface area contributed by atoms with E-state index in [1.807, 2.05) is 19.1 Å². The molecule has 1 unspecified atom stereocenters. The number of carbonyl (C=O) groups excluding carboxylic acids is 1. The van der Waals surface area contributed by atoms with Crippen molar-refractivity contribution in [2.45, 2.75) is 55.6 Å². The third-order valence-electron chi connectivity index (χ3n) is 9.07. The molecule has 2 saturated heterocycles. The summed E-state index contributed by atoms with van der Waals surface area (Å²) in [4.78, 5) is 24.4. The van der Waals surface area contributed by atoms with Crippen molar-refractivity contribution in [3.05, 3.63) is 100 Å². The van der Waals surface area contributed by atoms with Crippen molar-refractivity contribution in [2.75, 3.05) is 26.2 Å². The Morgan fingerprint density at radius 3 is 2.51 bits per heavy atom. The molecule has 2 fully saturated rings. The molecule has 248 valence electrons. The van der Waals surface area contributed by atoms with Crippen LogP contribution in [-0.2, 0) is 32.7 Å². The Morgan fingerprint density at radius 1 is 1.06 bits per heavy atom. The van der Waals surface area contributed by atoms with E-state index in [1.165, 1.54) is 27.4 Å². The van der Waals surface area contributed by atoms with Crippen LogP contribution in [0.5, 0.6) is 5.75 Å². The van der Waals surface area contributed by atoms with Crippen molar-refractivity contribution >= 4 is 39.2 Å². The molecule has 3 heterocycles. The molecule has 0 saturated carbocycles. The van der Waals surface area contributed by atoms with Gasteiger partial charge in [-0.05, 0) is 85.7 Å². The lowest BCUT2D eigenvalue weighted by Crippen LogP contribution is -2.50. The monoisotopic (exact) mass is 679 g/mol. The molecule has 1 amide bonds. The summed E-state index contributed by atoms with van der Waals surface area (Å²) in [6.07, 6.45) is 3.81. The number of rotatable bonds is 10. The van der Waals surface area contributed by atoms with E-state index >= 15 is 0 Å². The van der Waals surface area contributed by atoms with Crippen LogP contribution in [0.4, 0.5) is 4.53 Å². The number of likely N-dealkylation sites (tertiary alicyclic amines) is 1. The molecule has 6 rings (SSSR count). The van der Waals surface area contributed by atoms with Crippen LogP contribution in [0.1, 0.15) is 47.9 Å². The quantitative estimate of drug-likeness (QED) is 0.307. The van der Waals surface area contributed by atoms with Crippen LogP contribution in [-0.4, -0.2) is 71.7 Å². The van der Waals surface area contributed by atoms with Gasteiger partial charge in [0.25, 0.3) is 5.91 Å². The van der Waals surface area contributed by atoms with Gasteiger partial charge in [-0.25, -0.2) is 8.42 Å². The molecule has 10 nitrogen and oxygen atoms in total. The fourth-order valence-corrected chi connectivity index (χ4v) is 8.59. The molecule has 0 bridgehead atoms. The van der Waals surface area contributed by atoms with E-state index in [9.17, 15) is 22.3 Å². The maximum Gasteiger partial charge on any atom is 0.253 e. The van der Waals surface area contributed by atoms with E-state index in [-0.39, 0.29) is 43.6 Å². The molecular weight excluding hydrogens is 642 g/mol. The summed E-state index contributed by atoms with van der Waals surface area (Å²) in [7, 11) is -3.77. The second-order valence-electron chi connectivity index (χ2n) is 12.2. The van der Waals surface area contributed by atoms with Crippen LogP contribution in [0.25, 0.3) is 6.08 Å². The number of aliphatic imine (C=N–C) groups is 1. The van der Waals surface area contributed by atoms with Crippen molar-refractivity contribution in [1.82, 2.24) is 19.2 Å². The highest BCUT2D eigenvalue weighted by molar-refractivity contribution is 7.92. The Hall–Kier alpha value is -3.59. The number of nitrogens with zero attached hydrogens (tertiary/aromatic N) is 3. The highest BCUT2D eigenvalue weighted by Gasteiger charge is 2.47. The molecule has 0 aromatic heterocycles. The molecule has 0 aliphatic carbocycles. The van der Waals surface area contributed by atoms with Gasteiger partial charge in [0.15, 0.2) is 10.6 Å². The van der Waals surface area contributed by atoms with Gasteiger partial charge in [-0.3, -0.25) is 19.6 Å². The first-order valence-corrected chi connectivity index (χ1v) is 18.3. The van der Waals surface area contributed by atoms with Gasteiger partial charge in [-0.2, -0.15) is 4.31 Å². The van der Waals surface area contributed by atoms with Crippen molar-refractivity contribution in [3.63, 3.8) is 0 Å². The van der Waals surface area contributed by atoms with Gasteiger partial charge in [0.05, 0.1) is 17.4 Å². The van der Waals surface area contributed by atoms with E-state index in [4.69, 9.17) is 0 Å². The van der Waals surface area contributed by atoms with Crippen LogP contribution in [0, 0.1) is 6.92 Å². The zero-order chi connectivity index (χ0) is 33.0. The second-order valence-corrected chi connectivity index (χ2v) is 15.3. The van der Waals surface area contributed by atoms with E-state index in [2.05, 4.69) is 49.1 Å². The average molecular weight is 680 g/mol. The first-order chi connectivity index (χ1) is 22.6. The minimum absolute atomic E-state index is 0.00568. The lowest BCUT2D eigenvalue weighted by atomic mass is 9.89. The summed E-state index contributed by atoms with van der Waals surface area (Å²) in [6, 6.07) is 22.1. The number of amides is 1.